The van der Waals surface area contributed by atoms with Crippen LogP contribution in [0.2, 0.25) is 0 Å². The summed E-state index contributed by atoms with van der Waals surface area (Å²) in [5, 5.41) is 18.8. The number of piperidine rings is 1. The summed E-state index contributed by atoms with van der Waals surface area (Å²) in [5.41, 5.74) is 5.47. The number of fused-ring (bicyclic) bond motifs is 1. The normalized spacial score (nSPS) is 17.4. The van der Waals surface area contributed by atoms with Gasteiger partial charge in [-0.05, 0) is 105 Å². The fraction of sp³-hybridized carbons (Fsp3) is 0.349. The van der Waals surface area contributed by atoms with Crippen LogP contribution in [0.1, 0.15) is 71.4 Å². The van der Waals surface area contributed by atoms with E-state index in [0.29, 0.717) is 36.0 Å². The number of hydrogen-bond donors (Lipinski definition) is 2. The van der Waals surface area contributed by atoms with Crippen LogP contribution in [0.4, 0.5) is 11.4 Å². The lowest BCUT2D eigenvalue weighted by atomic mass is 9.85. The number of carboxylic acids is 2. The standard InChI is InChI=1S/C43H45N5O6/c1-27(2)46(33-22-35(23-33)54-34-14-15-36(41(49)50)37(24-34)42(51)52)25-30-17-19-45(20-18-30)31-11-9-29(10-12-31)26-47-39-7-5-6-8-40(39)48(43(47)53)32-13-16-38(44-4)28(3)21-32/h5-16,21,24,27,30,33,35H,17-20,22-23,25-26H2,1-3H3,(H,49,50)(H,51,52). The van der Waals surface area contributed by atoms with E-state index in [0.717, 1.165) is 73.2 Å². The van der Waals surface area contributed by atoms with Gasteiger partial charge in [0.1, 0.15) is 11.9 Å². The summed E-state index contributed by atoms with van der Waals surface area (Å²) in [6.07, 6.45) is 3.83. The predicted molar refractivity (Wildman–Crippen MR) is 209 cm³/mol. The van der Waals surface area contributed by atoms with Crippen LogP contribution in [0.25, 0.3) is 21.6 Å². The van der Waals surface area contributed by atoms with Crippen LogP contribution in [-0.4, -0.2) is 74.0 Å². The lowest BCUT2D eigenvalue weighted by molar-refractivity contribution is -0.00663. The molecule has 0 amide bonds. The average molecular weight is 728 g/mol. The van der Waals surface area contributed by atoms with Crippen LogP contribution >= 0.6 is 0 Å². The molecule has 278 valence electrons. The molecule has 2 fully saturated rings. The van der Waals surface area contributed by atoms with Crippen molar-refractivity contribution < 1.29 is 24.5 Å². The summed E-state index contributed by atoms with van der Waals surface area (Å²) in [7, 11) is 0. The Hall–Kier alpha value is -5.86. The summed E-state index contributed by atoms with van der Waals surface area (Å²) in [5.74, 6) is -1.60. The van der Waals surface area contributed by atoms with E-state index in [1.165, 1.54) is 23.9 Å². The molecule has 2 aliphatic rings. The number of aromatic carboxylic acids is 2. The van der Waals surface area contributed by atoms with E-state index in [1.807, 2.05) is 47.9 Å². The first-order valence-electron chi connectivity index (χ1n) is 18.6. The zero-order valence-electron chi connectivity index (χ0n) is 30.8. The van der Waals surface area contributed by atoms with Crippen molar-refractivity contribution in [3.63, 3.8) is 0 Å². The van der Waals surface area contributed by atoms with Crippen molar-refractivity contribution in [2.24, 2.45) is 5.92 Å². The van der Waals surface area contributed by atoms with Gasteiger partial charge in [0.2, 0.25) is 0 Å². The highest BCUT2D eigenvalue weighted by Gasteiger charge is 2.38. The van der Waals surface area contributed by atoms with Crippen LogP contribution in [0.5, 0.6) is 5.75 Å². The van der Waals surface area contributed by atoms with E-state index in [4.69, 9.17) is 11.3 Å². The fourth-order valence-corrected chi connectivity index (χ4v) is 8.02. The third-order valence-electron chi connectivity index (χ3n) is 11.1. The van der Waals surface area contributed by atoms with Crippen molar-refractivity contribution in [1.82, 2.24) is 14.0 Å². The number of nitrogens with zero attached hydrogens (tertiary/aromatic N) is 5. The molecule has 7 rings (SSSR count). The number of imidazole rings is 1. The fourth-order valence-electron chi connectivity index (χ4n) is 8.02. The Bertz CT molecular complexity index is 2290. The van der Waals surface area contributed by atoms with E-state index in [2.05, 4.69) is 52.8 Å². The van der Waals surface area contributed by atoms with Crippen molar-refractivity contribution in [1.29, 1.82) is 0 Å². The maximum absolute atomic E-state index is 13.9. The van der Waals surface area contributed by atoms with Gasteiger partial charge in [-0.3, -0.25) is 14.0 Å². The van der Waals surface area contributed by atoms with Crippen molar-refractivity contribution in [3.8, 4) is 11.4 Å². The zero-order chi connectivity index (χ0) is 38.1. The molecule has 0 spiro atoms. The Morgan fingerprint density at radius 2 is 1.56 bits per heavy atom. The van der Waals surface area contributed by atoms with Gasteiger partial charge in [0.15, 0.2) is 5.69 Å². The van der Waals surface area contributed by atoms with E-state index in [1.54, 1.807) is 10.6 Å². The average Bonchev–Trinajstić information content (AvgIpc) is 3.42. The van der Waals surface area contributed by atoms with E-state index in [-0.39, 0.29) is 22.9 Å². The Labute approximate surface area is 314 Å². The highest BCUT2D eigenvalue weighted by Crippen LogP contribution is 2.34. The second-order valence-corrected chi connectivity index (χ2v) is 14.8. The number of anilines is 1. The first-order chi connectivity index (χ1) is 26.0. The van der Waals surface area contributed by atoms with Crippen molar-refractivity contribution >= 4 is 34.3 Å². The molecule has 1 aliphatic carbocycles. The number of aryl methyl sites for hydroxylation is 1. The molecule has 0 bridgehead atoms. The second kappa shape index (κ2) is 15.2. The Balaban J connectivity index is 0.944. The van der Waals surface area contributed by atoms with Gasteiger partial charge in [-0.2, -0.15) is 0 Å². The van der Waals surface area contributed by atoms with E-state index < -0.39 is 11.9 Å². The number of benzene rings is 4. The third kappa shape index (κ3) is 7.34. The van der Waals surface area contributed by atoms with Crippen LogP contribution in [0.3, 0.4) is 0 Å². The first-order valence-corrected chi connectivity index (χ1v) is 18.6. The number of para-hydroxylation sites is 2. The van der Waals surface area contributed by atoms with E-state index in [9.17, 15) is 24.6 Å². The molecule has 54 heavy (non-hydrogen) atoms. The maximum atomic E-state index is 13.9. The minimum absolute atomic E-state index is 0.0385. The Morgan fingerprint density at radius 1 is 0.889 bits per heavy atom. The van der Waals surface area contributed by atoms with Crippen LogP contribution in [0.15, 0.2) is 89.7 Å². The molecule has 0 radical (unpaired) electrons. The summed E-state index contributed by atoms with van der Waals surface area (Å²) < 4.78 is 9.62. The quantitative estimate of drug-likeness (QED) is 0.126. The number of carboxylic acid groups (broad SMARTS) is 2. The molecule has 2 heterocycles. The van der Waals surface area contributed by atoms with Crippen LogP contribution < -0.4 is 15.3 Å². The van der Waals surface area contributed by atoms with Gasteiger partial charge in [-0.25, -0.2) is 19.2 Å². The molecule has 1 aliphatic heterocycles. The van der Waals surface area contributed by atoms with Crippen molar-refractivity contribution in [3.05, 3.63) is 129 Å². The highest BCUT2D eigenvalue weighted by atomic mass is 16.5. The molecule has 2 N–H and O–H groups in total. The molecule has 0 unspecified atom stereocenters. The molecule has 11 heteroatoms. The van der Waals surface area contributed by atoms with Crippen molar-refractivity contribution in [2.45, 2.75) is 71.2 Å². The van der Waals surface area contributed by atoms with Crippen LogP contribution in [-0.2, 0) is 6.54 Å². The second-order valence-electron chi connectivity index (χ2n) is 14.8. The Morgan fingerprint density at radius 3 is 2.19 bits per heavy atom. The molecular formula is C43H45N5O6. The van der Waals surface area contributed by atoms with Crippen molar-refractivity contribution in [2.75, 3.05) is 24.5 Å². The van der Waals surface area contributed by atoms with E-state index >= 15 is 0 Å². The molecular weight excluding hydrogens is 683 g/mol. The Kier molecular flexibility index (Phi) is 10.3. The minimum atomic E-state index is -1.29. The minimum Gasteiger partial charge on any atom is -0.490 e. The first kappa shape index (κ1) is 36.5. The molecule has 1 aromatic heterocycles. The van der Waals surface area contributed by atoms with Gasteiger partial charge in [-0.1, -0.05) is 30.3 Å². The third-order valence-corrected chi connectivity index (χ3v) is 11.1. The SMILES string of the molecule is [C-]#[N+]c1ccc(-n2c(=O)n(Cc3ccc(N4CCC(CN(C(C)C)C5CC(Oc6ccc(C(=O)O)c(C(=O)O)c6)C5)CC4)cc3)c3ccccc32)cc1C. The number of rotatable bonds is 12. The summed E-state index contributed by atoms with van der Waals surface area (Å²) in [4.78, 5) is 45.4. The summed E-state index contributed by atoms with van der Waals surface area (Å²) >= 11 is 0. The molecule has 1 saturated heterocycles. The highest BCUT2D eigenvalue weighted by molar-refractivity contribution is 6.02. The molecule has 1 saturated carbocycles. The largest absolute Gasteiger partial charge is 0.490 e. The smallest absolute Gasteiger partial charge is 0.336 e. The molecule has 5 aromatic rings. The monoisotopic (exact) mass is 727 g/mol. The molecule has 4 aromatic carbocycles. The lowest BCUT2D eigenvalue weighted by Gasteiger charge is -2.46. The topological polar surface area (TPSA) is 122 Å². The summed E-state index contributed by atoms with van der Waals surface area (Å²) in [6.45, 7) is 17.2. The predicted octanol–water partition coefficient (Wildman–Crippen LogP) is 7.63. The van der Waals surface area contributed by atoms with Gasteiger partial charge >= 0.3 is 17.6 Å². The van der Waals surface area contributed by atoms with Gasteiger partial charge < -0.3 is 19.8 Å². The molecule has 0 atom stereocenters. The van der Waals surface area contributed by atoms with Gasteiger partial charge in [0.05, 0.1) is 35.3 Å². The maximum Gasteiger partial charge on any atom is 0.336 e. The van der Waals surface area contributed by atoms with Gasteiger partial charge in [0, 0.05) is 55.9 Å². The zero-order valence-corrected chi connectivity index (χ0v) is 30.8. The van der Waals surface area contributed by atoms with Gasteiger partial charge in [-0.15, -0.1) is 0 Å². The summed E-state index contributed by atoms with van der Waals surface area (Å²) in [6, 6.07) is 26.8. The van der Waals surface area contributed by atoms with Gasteiger partial charge in [0.25, 0.3) is 0 Å². The number of carbonyl (C=O) groups is 2. The number of ether oxygens (including phenoxy) is 1. The van der Waals surface area contributed by atoms with Crippen LogP contribution in [0, 0.1) is 19.4 Å². The number of hydrogen-bond acceptors (Lipinski definition) is 6. The lowest BCUT2D eigenvalue weighted by Crippen LogP contribution is -2.53. The molecule has 11 nitrogen and oxygen atoms in total. The number of aromatic nitrogens is 2.